The summed E-state index contributed by atoms with van der Waals surface area (Å²) in [6.07, 6.45) is 2.42. The molecule has 0 aromatic heterocycles. The van der Waals surface area contributed by atoms with E-state index in [4.69, 9.17) is 5.26 Å². The Labute approximate surface area is 104 Å². The first-order chi connectivity index (χ1) is 8.30. The Bertz CT molecular complexity index is 419. The van der Waals surface area contributed by atoms with Crippen molar-refractivity contribution in [3.63, 3.8) is 0 Å². The van der Waals surface area contributed by atoms with Crippen molar-refractivity contribution in [1.29, 1.82) is 5.26 Å². The van der Waals surface area contributed by atoms with E-state index in [9.17, 15) is 0 Å². The summed E-state index contributed by atoms with van der Waals surface area (Å²) in [6.45, 7) is 5.47. The normalized spacial score (nSPS) is 27.2. The molecule has 0 heterocycles. The van der Waals surface area contributed by atoms with Crippen LogP contribution in [-0.2, 0) is 0 Å². The van der Waals surface area contributed by atoms with Gasteiger partial charge in [-0.25, -0.2) is 0 Å². The smallest absolute Gasteiger partial charge is 0.0991 e. The average molecular weight is 228 g/mol. The van der Waals surface area contributed by atoms with Crippen LogP contribution >= 0.6 is 0 Å². The van der Waals surface area contributed by atoms with Crippen LogP contribution in [0.15, 0.2) is 24.3 Å². The predicted octanol–water partition coefficient (Wildman–Crippen LogP) is 3.05. The lowest BCUT2D eigenvalue weighted by molar-refractivity contribution is 0.163. The highest BCUT2D eigenvalue weighted by Crippen LogP contribution is 2.44. The fourth-order valence-corrected chi connectivity index (χ4v) is 3.00. The van der Waals surface area contributed by atoms with Crippen LogP contribution in [-0.4, -0.2) is 12.6 Å². The fraction of sp³-hybridized carbons (Fsp3) is 0.533. The molecule has 0 saturated heterocycles. The molecular formula is C15H20N2. The summed E-state index contributed by atoms with van der Waals surface area (Å²) in [5.41, 5.74) is 2.12. The number of rotatable bonds is 4. The molecule has 1 aliphatic carbocycles. The molecule has 2 nitrogen and oxygen atoms in total. The van der Waals surface area contributed by atoms with Gasteiger partial charge in [0.1, 0.15) is 0 Å². The Morgan fingerprint density at radius 1 is 1.41 bits per heavy atom. The second kappa shape index (κ2) is 5.33. The lowest BCUT2D eigenvalue weighted by atomic mass is 9.65. The second-order valence-corrected chi connectivity index (χ2v) is 4.82. The van der Waals surface area contributed by atoms with Gasteiger partial charge in [-0.2, -0.15) is 5.26 Å². The molecule has 0 radical (unpaired) electrons. The molecule has 2 rings (SSSR count). The number of hydrogen-bond donors (Lipinski definition) is 1. The van der Waals surface area contributed by atoms with Gasteiger partial charge in [-0.05, 0) is 42.5 Å². The highest BCUT2D eigenvalue weighted by atomic mass is 14.9. The maximum absolute atomic E-state index is 8.93. The van der Waals surface area contributed by atoms with Crippen LogP contribution in [0.5, 0.6) is 0 Å². The Morgan fingerprint density at radius 3 is 2.88 bits per heavy atom. The summed E-state index contributed by atoms with van der Waals surface area (Å²) in [5, 5.41) is 12.5. The first kappa shape index (κ1) is 12.1. The van der Waals surface area contributed by atoms with Gasteiger partial charge in [-0.15, -0.1) is 0 Å². The molecule has 1 saturated carbocycles. The van der Waals surface area contributed by atoms with Crippen LogP contribution in [0.1, 0.15) is 43.7 Å². The second-order valence-electron chi connectivity index (χ2n) is 4.82. The topological polar surface area (TPSA) is 35.8 Å². The third-order valence-corrected chi connectivity index (χ3v) is 3.92. The van der Waals surface area contributed by atoms with Crippen molar-refractivity contribution in [2.75, 3.05) is 6.54 Å². The van der Waals surface area contributed by atoms with Crippen LogP contribution in [0.25, 0.3) is 0 Å². The summed E-state index contributed by atoms with van der Waals surface area (Å²) in [6, 6.07) is 11.0. The van der Waals surface area contributed by atoms with Crippen LogP contribution in [0.4, 0.5) is 0 Å². The molecule has 1 aliphatic rings. The molecule has 0 aliphatic heterocycles. The molecule has 0 bridgehead atoms. The molecule has 1 aromatic carbocycles. The van der Waals surface area contributed by atoms with Crippen molar-refractivity contribution in [3.8, 4) is 6.07 Å². The summed E-state index contributed by atoms with van der Waals surface area (Å²) >= 11 is 0. The lowest BCUT2D eigenvalue weighted by Crippen LogP contribution is -2.48. The number of nitrogens with one attached hydrogen (secondary N) is 1. The van der Waals surface area contributed by atoms with Crippen molar-refractivity contribution in [2.45, 2.75) is 38.6 Å². The van der Waals surface area contributed by atoms with Gasteiger partial charge in [0.15, 0.2) is 0 Å². The Hall–Kier alpha value is -1.33. The minimum atomic E-state index is 0.636. The average Bonchev–Trinajstić information content (AvgIpc) is 2.34. The molecule has 0 amide bonds. The Kier molecular flexibility index (Phi) is 3.81. The zero-order valence-corrected chi connectivity index (χ0v) is 10.6. The SMILES string of the molecule is CCNC1CC(c2cccc(C#N)c2)C1CC. The third kappa shape index (κ3) is 2.35. The summed E-state index contributed by atoms with van der Waals surface area (Å²) in [7, 11) is 0. The van der Waals surface area contributed by atoms with Gasteiger partial charge in [0.05, 0.1) is 11.6 Å². The van der Waals surface area contributed by atoms with Crippen molar-refractivity contribution in [2.24, 2.45) is 5.92 Å². The van der Waals surface area contributed by atoms with E-state index in [1.807, 2.05) is 12.1 Å². The summed E-state index contributed by atoms with van der Waals surface area (Å²) in [4.78, 5) is 0. The minimum absolute atomic E-state index is 0.636. The monoisotopic (exact) mass is 228 g/mol. The van der Waals surface area contributed by atoms with Crippen LogP contribution in [0.3, 0.4) is 0 Å². The van der Waals surface area contributed by atoms with Crippen LogP contribution < -0.4 is 5.32 Å². The predicted molar refractivity (Wildman–Crippen MR) is 69.8 cm³/mol. The highest BCUT2D eigenvalue weighted by molar-refractivity contribution is 5.36. The highest BCUT2D eigenvalue weighted by Gasteiger charge is 2.39. The molecule has 3 atom stereocenters. The fourth-order valence-electron chi connectivity index (χ4n) is 3.00. The first-order valence-corrected chi connectivity index (χ1v) is 6.53. The molecule has 90 valence electrons. The van der Waals surface area contributed by atoms with Crippen molar-refractivity contribution >= 4 is 0 Å². The summed E-state index contributed by atoms with van der Waals surface area (Å²) < 4.78 is 0. The van der Waals surface area contributed by atoms with E-state index in [0.717, 1.165) is 18.0 Å². The maximum Gasteiger partial charge on any atom is 0.0991 e. The molecule has 0 spiro atoms. The Balaban J connectivity index is 2.11. The standard InChI is InChI=1S/C15H20N2/c1-3-13-14(9-15(13)17-4-2)12-7-5-6-11(8-12)10-16/h5-8,13-15,17H,3-4,9H2,1-2H3. The van der Waals surface area contributed by atoms with E-state index >= 15 is 0 Å². The summed E-state index contributed by atoms with van der Waals surface area (Å²) in [5.74, 6) is 1.36. The molecule has 3 unspecified atom stereocenters. The number of benzene rings is 1. The van der Waals surface area contributed by atoms with Gasteiger partial charge < -0.3 is 5.32 Å². The number of hydrogen-bond acceptors (Lipinski definition) is 2. The maximum atomic E-state index is 8.93. The number of nitriles is 1. The number of nitrogens with zero attached hydrogens (tertiary/aromatic N) is 1. The van der Waals surface area contributed by atoms with Gasteiger partial charge in [0.25, 0.3) is 0 Å². The van der Waals surface area contributed by atoms with E-state index in [-0.39, 0.29) is 0 Å². The van der Waals surface area contributed by atoms with Gasteiger partial charge in [-0.3, -0.25) is 0 Å². The molecule has 1 fully saturated rings. The first-order valence-electron chi connectivity index (χ1n) is 6.53. The van der Waals surface area contributed by atoms with Crippen LogP contribution in [0, 0.1) is 17.2 Å². The van der Waals surface area contributed by atoms with E-state index in [2.05, 4.69) is 37.4 Å². The molecule has 2 heteroatoms. The van der Waals surface area contributed by atoms with Gasteiger partial charge in [0, 0.05) is 6.04 Å². The quantitative estimate of drug-likeness (QED) is 0.859. The van der Waals surface area contributed by atoms with Crippen LogP contribution in [0.2, 0.25) is 0 Å². The van der Waals surface area contributed by atoms with Crippen molar-refractivity contribution in [3.05, 3.63) is 35.4 Å². The lowest BCUT2D eigenvalue weighted by Gasteiger charge is -2.45. The minimum Gasteiger partial charge on any atom is -0.314 e. The third-order valence-electron chi connectivity index (χ3n) is 3.92. The van der Waals surface area contributed by atoms with Gasteiger partial charge >= 0.3 is 0 Å². The van der Waals surface area contributed by atoms with Crippen molar-refractivity contribution < 1.29 is 0 Å². The molecule has 17 heavy (non-hydrogen) atoms. The van der Waals surface area contributed by atoms with Gasteiger partial charge in [-0.1, -0.05) is 32.4 Å². The van der Waals surface area contributed by atoms with E-state index in [0.29, 0.717) is 12.0 Å². The zero-order chi connectivity index (χ0) is 12.3. The van der Waals surface area contributed by atoms with Gasteiger partial charge in [0.2, 0.25) is 0 Å². The van der Waals surface area contributed by atoms with Crippen molar-refractivity contribution in [1.82, 2.24) is 5.32 Å². The Morgan fingerprint density at radius 2 is 2.24 bits per heavy atom. The van der Waals surface area contributed by atoms with E-state index in [1.54, 1.807) is 0 Å². The van der Waals surface area contributed by atoms with E-state index in [1.165, 1.54) is 18.4 Å². The zero-order valence-electron chi connectivity index (χ0n) is 10.6. The van der Waals surface area contributed by atoms with E-state index < -0.39 is 0 Å². The molecule has 1 aromatic rings. The molecule has 1 N–H and O–H groups in total. The largest absolute Gasteiger partial charge is 0.314 e. The molecular weight excluding hydrogens is 208 g/mol.